The maximum absolute atomic E-state index is 12.8. The molecule has 1 aliphatic rings. The highest BCUT2D eigenvalue weighted by Gasteiger charge is 2.33. The van der Waals surface area contributed by atoms with Gasteiger partial charge < -0.3 is 5.11 Å². The van der Waals surface area contributed by atoms with E-state index in [0.29, 0.717) is 5.56 Å². The summed E-state index contributed by atoms with van der Waals surface area (Å²) in [5.41, 5.74) is 1.57. The Morgan fingerprint density at radius 3 is 2.04 bits per heavy atom. The van der Waals surface area contributed by atoms with Gasteiger partial charge >= 0.3 is 0 Å². The molecular weight excluding hydrogens is 372 g/mol. The quantitative estimate of drug-likeness (QED) is 0.350. The smallest absolute Gasteiger partial charge is 0.265 e. The van der Waals surface area contributed by atoms with Crippen LogP contribution in [0.2, 0.25) is 0 Å². The Hall–Kier alpha value is -2.47. The third-order valence-corrected chi connectivity index (χ3v) is 4.88. The standard InChI is InChI=1S/C22H28N2O3S/c1-8-9-24-19(27)14(18(26)23-20(24)28)10-13-11-15(21(2,3)4)17(25)16(12-13)22(5,6)7/h8,10-12,25H,1,9H2,2-7H3,(H,23,26,28)/b14-10+. The van der Waals surface area contributed by atoms with Crippen LogP contribution in [-0.4, -0.2) is 33.5 Å². The topological polar surface area (TPSA) is 69.6 Å². The van der Waals surface area contributed by atoms with Crippen LogP contribution in [0, 0.1) is 0 Å². The first-order valence-electron chi connectivity index (χ1n) is 9.15. The number of hydrogen-bond acceptors (Lipinski definition) is 4. The van der Waals surface area contributed by atoms with E-state index >= 15 is 0 Å². The van der Waals surface area contributed by atoms with E-state index in [4.69, 9.17) is 12.2 Å². The van der Waals surface area contributed by atoms with E-state index in [2.05, 4.69) is 11.9 Å². The molecule has 0 atom stereocenters. The largest absolute Gasteiger partial charge is 0.507 e. The predicted molar refractivity (Wildman–Crippen MR) is 116 cm³/mol. The number of nitrogens with zero attached hydrogens (tertiary/aromatic N) is 1. The Bertz CT molecular complexity index is 851. The van der Waals surface area contributed by atoms with Gasteiger partial charge in [-0.25, -0.2) is 0 Å². The van der Waals surface area contributed by atoms with Crippen molar-refractivity contribution in [2.45, 2.75) is 52.4 Å². The average molecular weight is 401 g/mol. The number of amides is 2. The number of carbonyl (C=O) groups excluding carboxylic acids is 2. The first-order valence-corrected chi connectivity index (χ1v) is 9.56. The van der Waals surface area contributed by atoms with Crippen LogP contribution >= 0.6 is 12.2 Å². The third kappa shape index (κ3) is 4.33. The normalized spacial score (nSPS) is 17.1. The number of phenolic OH excluding ortho intramolecular Hbond substituents is 1. The van der Waals surface area contributed by atoms with E-state index in [9.17, 15) is 14.7 Å². The summed E-state index contributed by atoms with van der Waals surface area (Å²) in [6.45, 7) is 15.9. The third-order valence-electron chi connectivity index (χ3n) is 4.56. The van der Waals surface area contributed by atoms with Gasteiger partial charge in [-0.1, -0.05) is 47.6 Å². The van der Waals surface area contributed by atoms with E-state index in [1.165, 1.54) is 4.90 Å². The van der Waals surface area contributed by atoms with Crippen LogP contribution in [0.1, 0.15) is 58.2 Å². The first-order chi connectivity index (χ1) is 12.8. The molecule has 0 bridgehead atoms. The zero-order chi connectivity index (χ0) is 21.4. The molecule has 0 saturated carbocycles. The molecule has 1 fully saturated rings. The minimum atomic E-state index is -0.530. The summed E-state index contributed by atoms with van der Waals surface area (Å²) in [6.07, 6.45) is 3.11. The number of benzene rings is 1. The highest BCUT2D eigenvalue weighted by molar-refractivity contribution is 7.80. The molecule has 6 heteroatoms. The number of thiocarbonyl (C=S) groups is 1. The molecular formula is C22H28N2O3S. The van der Waals surface area contributed by atoms with Gasteiger partial charge in [0.1, 0.15) is 11.3 Å². The molecule has 1 heterocycles. The van der Waals surface area contributed by atoms with Crippen molar-refractivity contribution in [1.29, 1.82) is 0 Å². The fourth-order valence-electron chi connectivity index (χ4n) is 3.04. The molecule has 2 N–H and O–H groups in total. The van der Waals surface area contributed by atoms with E-state index < -0.39 is 11.8 Å². The first kappa shape index (κ1) is 21.8. The molecule has 150 valence electrons. The van der Waals surface area contributed by atoms with Crippen molar-refractivity contribution in [2.75, 3.05) is 6.54 Å². The molecule has 0 radical (unpaired) electrons. The molecule has 5 nitrogen and oxygen atoms in total. The Labute approximate surface area is 172 Å². The summed E-state index contributed by atoms with van der Waals surface area (Å²) in [4.78, 5) is 26.5. The van der Waals surface area contributed by atoms with Gasteiger partial charge in [0.2, 0.25) is 0 Å². The van der Waals surface area contributed by atoms with Crippen LogP contribution in [0.15, 0.2) is 30.4 Å². The number of phenols is 1. The molecule has 1 aromatic rings. The van der Waals surface area contributed by atoms with Crippen molar-refractivity contribution in [1.82, 2.24) is 10.2 Å². The van der Waals surface area contributed by atoms with Crippen LogP contribution in [0.4, 0.5) is 0 Å². The van der Waals surface area contributed by atoms with Crippen molar-refractivity contribution in [3.8, 4) is 5.75 Å². The fourth-order valence-corrected chi connectivity index (χ4v) is 3.29. The van der Waals surface area contributed by atoms with Crippen LogP contribution < -0.4 is 5.32 Å². The summed E-state index contributed by atoms with van der Waals surface area (Å²) in [5, 5.41) is 13.5. The highest BCUT2D eigenvalue weighted by atomic mass is 32.1. The van der Waals surface area contributed by atoms with Gasteiger partial charge in [0.15, 0.2) is 5.11 Å². The minimum absolute atomic E-state index is 0.000795. The van der Waals surface area contributed by atoms with Gasteiger partial charge in [-0.05, 0) is 46.8 Å². The van der Waals surface area contributed by atoms with Gasteiger partial charge in [0.05, 0.1) is 0 Å². The number of nitrogens with one attached hydrogen (secondary N) is 1. The molecule has 1 saturated heterocycles. The summed E-state index contributed by atoms with van der Waals surface area (Å²) in [6, 6.07) is 3.64. The summed E-state index contributed by atoms with van der Waals surface area (Å²) in [7, 11) is 0. The fraction of sp³-hybridized carbons (Fsp3) is 0.409. The average Bonchev–Trinajstić information content (AvgIpc) is 2.54. The number of rotatable bonds is 3. The molecule has 1 aromatic carbocycles. The van der Waals surface area contributed by atoms with Gasteiger partial charge in [-0.3, -0.25) is 19.8 Å². The lowest BCUT2D eigenvalue weighted by Crippen LogP contribution is -2.53. The van der Waals surface area contributed by atoms with Crippen LogP contribution in [0.5, 0.6) is 5.75 Å². The van der Waals surface area contributed by atoms with Crippen LogP contribution in [0.3, 0.4) is 0 Å². The molecule has 0 unspecified atom stereocenters. The Morgan fingerprint density at radius 1 is 1.11 bits per heavy atom. The van der Waals surface area contributed by atoms with Crippen molar-refractivity contribution in [2.24, 2.45) is 0 Å². The zero-order valence-corrected chi connectivity index (χ0v) is 18.2. The molecule has 1 aliphatic heterocycles. The second-order valence-corrected chi connectivity index (χ2v) is 9.37. The Morgan fingerprint density at radius 2 is 1.61 bits per heavy atom. The second-order valence-electron chi connectivity index (χ2n) is 8.99. The summed E-state index contributed by atoms with van der Waals surface area (Å²) < 4.78 is 0. The summed E-state index contributed by atoms with van der Waals surface area (Å²) in [5.74, 6) is -0.745. The van der Waals surface area contributed by atoms with E-state index in [1.807, 2.05) is 53.7 Å². The predicted octanol–water partition coefficient (Wildman–Crippen LogP) is 3.80. The molecule has 28 heavy (non-hydrogen) atoms. The SMILES string of the molecule is C=CCN1C(=O)/C(=C/c2cc(C(C)(C)C)c(O)c(C(C)(C)C)c2)C(=O)NC1=S. The number of aromatic hydroxyl groups is 1. The lowest BCUT2D eigenvalue weighted by atomic mass is 9.78. The van der Waals surface area contributed by atoms with Crippen LogP contribution in [-0.2, 0) is 20.4 Å². The van der Waals surface area contributed by atoms with Gasteiger partial charge in [-0.2, -0.15) is 0 Å². The Kier molecular flexibility index (Phi) is 5.85. The van der Waals surface area contributed by atoms with Gasteiger partial charge in [-0.15, -0.1) is 6.58 Å². The molecule has 0 aromatic heterocycles. The van der Waals surface area contributed by atoms with E-state index in [1.54, 1.807) is 12.2 Å². The van der Waals surface area contributed by atoms with E-state index in [0.717, 1.165) is 11.1 Å². The second kappa shape index (κ2) is 7.51. The molecule has 2 rings (SSSR count). The van der Waals surface area contributed by atoms with Crippen molar-refractivity contribution >= 4 is 35.2 Å². The van der Waals surface area contributed by atoms with Gasteiger partial charge in [0, 0.05) is 17.7 Å². The molecule has 0 spiro atoms. The maximum atomic E-state index is 12.8. The summed E-state index contributed by atoms with van der Waals surface area (Å²) >= 11 is 5.09. The highest BCUT2D eigenvalue weighted by Crippen LogP contribution is 2.40. The van der Waals surface area contributed by atoms with Gasteiger partial charge in [0.25, 0.3) is 11.8 Å². The van der Waals surface area contributed by atoms with E-state index in [-0.39, 0.29) is 33.8 Å². The monoisotopic (exact) mass is 400 g/mol. The lowest BCUT2D eigenvalue weighted by Gasteiger charge is -2.29. The number of carbonyl (C=O) groups is 2. The van der Waals surface area contributed by atoms with Crippen LogP contribution in [0.25, 0.3) is 6.08 Å². The zero-order valence-electron chi connectivity index (χ0n) is 17.3. The van der Waals surface area contributed by atoms with Crippen molar-refractivity contribution in [3.05, 3.63) is 47.1 Å². The van der Waals surface area contributed by atoms with Crippen molar-refractivity contribution in [3.63, 3.8) is 0 Å². The number of hydrogen-bond donors (Lipinski definition) is 2. The lowest BCUT2D eigenvalue weighted by molar-refractivity contribution is -0.128. The molecule has 2 amide bonds. The molecule has 0 aliphatic carbocycles. The minimum Gasteiger partial charge on any atom is -0.507 e. The van der Waals surface area contributed by atoms with Crippen molar-refractivity contribution < 1.29 is 14.7 Å². The maximum Gasteiger partial charge on any atom is 0.265 e. The Balaban J connectivity index is 2.67.